The van der Waals surface area contributed by atoms with Crippen molar-refractivity contribution in [3.63, 3.8) is 0 Å². The van der Waals surface area contributed by atoms with Crippen molar-refractivity contribution in [2.75, 3.05) is 45.0 Å². The van der Waals surface area contributed by atoms with E-state index >= 15 is 0 Å². The zero-order valence-corrected chi connectivity index (χ0v) is 10.1. The van der Waals surface area contributed by atoms with Crippen molar-refractivity contribution in [1.29, 1.82) is 0 Å². The van der Waals surface area contributed by atoms with Crippen LogP contribution in [0.2, 0.25) is 0 Å². The lowest BCUT2D eigenvalue weighted by atomic mass is 10.3. The first-order valence-electron chi connectivity index (χ1n) is 5.54. The summed E-state index contributed by atoms with van der Waals surface area (Å²) in [6.45, 7) is 7.41. The van der Waals surface area contributed by atoms with Gasteiger partial charge in [0.1, 0.15) is 0 Å². The van der Waals surface area contributed by atoms with Gasteiger partial charge in [-0.15, -0.1) is 0 Å². The lowest BCUT2D eigenvalue weighted by molar-refractivity contribution is 0.239. The monoisotopic (exact) mass is 235 g/mol. The van der Waals surface area contributed by atoms with E-state index < -0.39 is 10.0 Å². The van der Waals surface area contributed by atoms with E-state index in [1.165, 1.54) is 0 Å². The minimum atomic E-state index is -3.00. The SMILES string of the molecule is CCS(=O)(=O)NCCCN1CCNCC1. The molecule has 0 atom stereocenters. The molecule has 0 aromatic rings. The minimum absolute atomic E-state index is 0.167. The second-order valence-corrected chi connectivity index (χ2v) is 5.84. The zero-order valence-electron chi connectivity index (χ0n) is 9.33. The lowest BCUT2D eigenvalue weighted by Gasteiger charge is -2.26. The van der Waals surface area contributed by atoms with Crippen LogP contribution >= 0.6 is 0 Å². The normalized spacial score (nSPS) is 19.3. The topological polar surface area (TPSA) is 61.4 Å². The van der Waals surface area contributed by atoms with E-state index in [4.69, 9.17) is 0 Å². The van der Waals surface area contributed by atoms with E-state index in [1.807, 2.05) is 0 Å². The van der Waals surface area contributed by atoms with Crippen LogP contribution in [0.15, 0.2) is 0 Å². The number of hydrogen-bond acceptors (Lipinski definition) is 4. The van der Waals surface area contributed by atoms with Crippen molar-refractivity contribution in [3.8, 4) is 0 Å². The van der Waals surface area contributed by atoms with Gasteiger partial charge >= 0.3 is 0 Å². The summed E-state index contributed by atoms with van der Waals surface area (Å²) >= 11 is 0. The smallest absolute Gasteiger partial charge is 0.211 e. The molecule has 1 aliphatic rings. The molecule has 1 fully saturated rings. The molecular formula is C9H21N3O2S. The maximum atomic E-state index is 11.1. The fourth-order valence-corrected chi connectivity index (χ4v) is 2.23. The minimum Gasteiger partial charge on any atom is -0.314 e. The van der Waals surface area contributed by atoms with Crippen LogP contribution in [0.4, 0.5) is 0 Å². The molecule has 0 spiro atoms. The molecule has 0 amide bonds. The summed E-state index contributed by atoms with van der Waals surface area (Å²) in [6.07, 6.45) is 0.888. The lowest BCUT2D eigenvalue weighted by Crippen LogP contribution is -2.44. The predicted molar refractivity (Wildman–Crippen MR) is 61.4 cm³/mol. The Morgan fingerprint density at radius 2 is 2.00 bits per heavy atom. The van der Waals surface area contributed by atoms with Gasteiger partial charge in [-0.3, -0.25) is 0 Å². The molecule has 6 heteroatoms. The Morgan fingerprint density at radius 1 is 1.33 bits per heavy atom. The third-order valence-corrected chi connectivity index (χ3v) is 3.97. The highest BCUT2D eigenvalue weighted by Gasteiger charge is 2.09. The number of rotatable bonds is 6. The Hall–Kier alpha value is -0.170. The van der Waals surface area contributed by atoms with E-state index in [2.05, 4.69) is 14.9 Å². The number of piperazine rings is 1. The van der Waals surface area contributed by atoms with Crippen molar-refractivity contribution in [2.45, 2.75) is 13.3 Å². The van der Waals surface area contributed by atoms with Gasteiger partial charge < -0.3 is 10.2 Å². The summed E-state index contributed by atoms with van der Waals surface area (Å²) in [4.78, 5) is 2.36. The van der Waals surface area contributed by atoms with Gasteiger partial charge in [0.15, 0.2) is 0 Å². The van der Waals surface area contributed by atoms with Crippen molar-refractivity contribution >= 4 is 10.0 Å². The third kappa shape index (κ3) is 5.46. The van der Waals surface area contributed by atoms with Crippen LogP contribution in [0, 0.1) is 0 Å². The summed E-state index contributed by atoms with van der Waals surface area (Å²) in [6, 6.07) is 0. The summed E-state index contributed by atoms with van der Waals surface area (Å²) in [7, 11) is -3.00. The molecule has 2 N–H and O–H groups in total. The predicted octanol–water partition coefficient (Wildman–Crippen LogP) is -0.779. The summed E-state index contributed by atoms with van der Waals surface area (Å²) in [5.41, 5.74) is 0. The van der Waals surface area contributed by atoms with E-state index in [0.717, 1.165) is 39.1 Å². The first kappa shape index (κ1) is 12.9. The average molecular weight is 235 g/mol. The third-order valence-electron chi connectivity index (χ3n) is 2.56. The van der Waals surface area contributed by atoms with Gasteiger partial charge in [-0.2, -0.15) is 0 Å². The van der Waals surface area contributed by atoms with Gasteiger partial charge in [0.2, 0.25) is 10.0 Å². The van der Waals surface area contributed by atoms with Gasteiger partial charge in [0, 0.05) is 32.7 Å². The molecule has 0 aromatic carbocycles. The van der Waals surface area contributed by atoms with Crippen LogP contribution in [0.3, 0.4) is 0 Å². The maximum Gasteiger partial charge on any atom is 0.211 e. The van der Waals surface area contributed by atoms with Crippen molar-refractivity contribution in [1.82, 2.24) is 14.9 Å². The highest BCUT2D eigenvalue weighted by atomic mass is 32.2. The van der Waals surface area contributed by atoms with Gasteiger partial charge in [-0.1, -0.05) is 0 Å². The van der Waals surface area contributed by atoms with E-state index in [1.54, 1.807) is 6.92 Å². The van der Waals surface area contributed by atoms with Crippen molar-refractivity contribution in [2.24, 2.45) is 0 Å². The molecule has 5 nitrogen and oxygen atoms in total. The maximum absolute atomic E-state index is 11.1. The van der Waals surface area contributed by atoms with Crippen LogP contribution in [0.1, 0.15) is 13.3 Å². The van der Waals surface area contributed by atoms with E-state index in [9.17, 15) is 8.42 Å². The fourth-order valence-electron chi connectivity index (χ4n) is 1.57. The fraction of sp³-hybridized carbons (Fsp3) is 1.00. The van der Waals surface area contributed by atoms with E-state index in [0.29, 0.717) is 6.54 Å². The average Bonchev–Trinajstić information content (AvgIpc) is 2.26. The van der Waals surface area contributed by atoms with Gasteiger partial charge in [-0.25, -0.2) is 13.1 Å². The van der Waals surface area contributed by atoms with Crippen LogP contribution in [-0.2, 0) is 10.0 Å². The summed E-state index contributed by atoms with van der Waals surface area (Å²) in [5, 5.41) is 3.29. The molecule has 1 heterocycles. The molecule has 0 aromatic heterocycles. The Labute approximate surface area is 92.3 Å². The molecule has 0 bridgehead atoms. The van der Waals surface area contributed by atoms with Crippen LogP contribution in [-0.4, -0.2) is 58.3 Å². The number of hydrogen-bond donors (Lipinski definition) is 2. The highest BCUT2D eigenvalue weighted by Crippen LogP contribution is 1.94. The highest BCUT2D eigenvalue weighted by molar-refractivity contribution is 7.89. The first-order valence-corrected chi connectivity index (χ1v) is 7.19. The number of sulfonamides is 1. The molecule has 1 rings (SSSR count). The van der Waals surface area contributed by atoms with Crippen molar-refractivity contribution < 1.29 is 8.42 Å². The van der Waals surface area contributed by atoms with Crippen molar-refractivity contribution in [3.05, 3.63) is 0 Å². The molecule has 0 radical (unpaired) electrons. The number of nitrogens with zero attached hydrogens (tertiary/aromatic N) is 1. The molecule has 0 saturated carbocycles. The van der Waals surface area contributed by atoms with Gasteiger partial charge in [-0.05, 0) is 19.9 Å². The summed E-state index contributed by atoms with van der Waals surface area (Å²) in [5.74, 6) is 0.167. The van der Waals surface area contributed by atoms with Gasteiger partial charge in [0.25, 0.3) is 0 Å². The quantitative estimate of drug-likeness (QED) is 0.593. The Morgan fingerprint density at radius 3 is 2.60 bits per heavy atom. The van der Waals surface area contributed by atoms with E-state index in [-0.39, 0.29) is 5.75 Å². The number of nitrogens with one attached hydrogen (secondary N) is 2. The standard InChI is InChI=1S/C9H21N3O2S/c1-2-15(13,14)11-4-3-7-12-8-5-10-6-9-12/h10-11H,2-9H2,1H3. The molecule has 15 heavy (non-hydrogen) atoms. The Balaban J connectivity index is 2.06. The summed E-state index contributed by atoms with van der Waals surface area (Å²) < 4.78 is 24.8. The van der Waals surface area contributed by atoms with Crippen LogP contribution in [0.25, 0.3) is 0 Å². The molecular weight excluding hydrogens is 214 g/mol. The Bertz CT molecular complexity index is 261. The van der Waals surface area contributed by atoms with Crippen LogP contribution in [0.5, 0.6) is 0 Å². The Kier molecular flexibility index (Phi) is 5.52. The largest absolute Gasteiger partial charge is 0.314 e. The molecule has 1 aliphatic heterocycles. The molecule has 0 aliphatic carbocycles. The molecule has 1 saturated heterocycles. The zero-order chi connectivity index (χ0) is 11.1. The van der Waals surface area contributed by atoms with Crippen LogP contribution < -0.4 is 10.0 Å². The van der Waals surface area contributed by atoms with Gasteiger partial charge in [0.05, 0.1) is 5.75 Å². The first-order chi connectivity index (χ1) is 7.14. The second kappa shape index (κ2) is 6.42. The molecule has 0 unspecified atom stereocenters. The molecule has 90 valence electrons. The second-order valence-electron chi connectivity index (χ2n) is 3.74.